The molecular weight excluding hydrogens is 246 g/mol. The molecular formula is C13H19N3O3. The molecule has 4 N–H and O–H groups in total. The van der Waals surface area contributed by atoms with Gasteiger partial charge in [-0.2, -0.15) is 0 Å². The Kier molecular flexibility index (Phi) is 3.99. The van der Waals surface area contributed by atoms with Gasteiger partial charge in [0, 0.05) is 18.2 Å². The van der Waals surface area contributed by atoms with Crippen LogP contribution in [0, 0.1) is 0 Å². The minimum absolute atomic E-state index is 0.0794. The first-order valence-electron chi connectivity index (χ1n) is 6.28. The third-order valence-electron chi connectivity index (χ3n) is 2.60. The number of carbonyl (C=O) groups excluding carboxylic acids is 1. The van der Waals surface area contributed by atoms with Crippen molar-refractivity contribution in [1.82, 2.24) is 5.32 Å². The van der Waals surface area contributed by atoms with Crippen molar-refractivity contribution in [3.63, 3.8) is 0 Å². The maximum atomic E-state index is 11.6. The average molecular weight is 265 g/mol. The third kappa shape index (κ3) is 3.43. The Morgan fingerprint density at radius 3 is 2.58 bits per heavy atom. The number of nitrogens with two attached hydrogens (primary N) is 1. The highest BCUT2D eigenvalue weighted by molar-refractivity contribution is 5.83. The summed E-state index contributed by atoms with van der Waals surface area (Å²) in [6.07, 6.45) is 0. The fourth-order valence-electron chi connectivity index (χ4n) is 1.81. The van der Waals surface area contributed by atoms with Crippen molar-refractivity contribution in [2.24, 2.45) is 0 Å². The van der Waals surface area contributed by atoms with Gasteiger partial charge < -0.3 is 25.8 Å². The Labute approximate surface area is 112 Å². The van der Waals surface area contributed by atoms with Crippen molar-refractivity contribution >= 4 is 17.3 Å². The number of nitrogen functional groups attached to an aromatic ring is 1. The van der Waals surface area contributed by atoms with E-state index in [1.165, 1.54) is 0 Å². The lowest BCUT2D eigenvalue weighted by molar-refractivity contribution is -0.119. The molecule has 6 nitrogen and oxygen atoms in total. The van der Waals surface area contributed by atoms with Crippen LogP contribution in [0.5, 0.6) is 11.5 Å². The molecule has 6 heteroatoms. The molecule has 0 bridgehead atoms. The fourth-order valence-corrected chi connectivity index (χ4v) is 1.81. The molecule has 1 aromatic carbocycles. The average Bonchev–Trinajstić information content (AvgIpc) is 2.35. The Hall–Kier alpha value is -2.11. The van der Waals surface area contributed by atoms with Gasteiger partial charge in [0.05, 0.1) is 17.9 Å². The molecule has 0 saturated carbocycles. The predicted octanol–water partition coefficient (Wildman–Crippen LogP) is 0.976. The molecule has 0 spiro atoms. The second-order valence-electron chi connectivity index (χ2n) is 4.66. The van der Waals surface area contributed by atoms with E-state index in [0.717, 1.165) is 0 Å². The van der Waals surface area contributed by atoms with Crippen molar-refractivity contribution in [2.75, 3.05) is 30.8 Å². The van der Waals surface area contributed by atoms with Gasteiger partial charge in [-0.3, -0.25) is 4.79 Å². The lowest BCUT2D eigenvalue weighted by Crippen LogP contribution is -2.34. The van der Waals surface area contributed by atoms with E-state index in [2.05, 4.69) is 10.6 Å². The number of amides is 1. The summed E-state index contributed by atoms with van der Waals surface area (Å²) in [7, 11) is 0. The number of nitrogens with one attached hydrogen (secondary N) is 2. The molecule has 104 valence electrons. The molecule has 1 aromatic rings. The van der Waals surface area contributed by atoms with Crippen molar-refractivity contribution < 1.29 is 14.3 Å². The van der Waals surface area contributed by atoms with Crippen LogP contribution in [0.3, 0.4) is 0 Å². The van der Waals surface area contributed by atoms with E-state index >= 15 is 0 Å². The Morgan fingerprint density at radius 1 is 1.32 bits per heavy atom. The highest BCUT2D eigenvalue weighted by atomic mass is 16.6. The molecule has 1 aliphatic heterocycles. The smallest absolute Gasteiger partial charge is 0.239 e. The third-order valence-corrected chi connectivity index (χ3v) is 2.60. The Bertz CT molecular complexity index is 474. The largest absolute Gasteiger partial charge is 0.486 e. The van der Waals surface area contributed by atoms with Crippen LogP contribution in [-0.4, -0.2) is 31.7 Å². The van der Waals surface area contributed by atoms with Gasteiger partial charge in [0.25, 0.3) is 0 Å². The van der Waals surface area contributed by atoms with E-state index in [-0.39, 0.29) is 18.5 Å². The summed E-state index contributed by atoms with van der Waals surface area (Å²) < 4.78 is 10.9. The van der Waals surface area contributed by atoms with Gasteiger partial charge in [-0.1, -0.05) is 0 Å². The van der Waals surface area contributed by atoms with Gasteiger partial charge in [-0.15, -0.1) is 0 Å². The Morgan fingerprint density at radius 2 is 1.95 bits per heavy atom. The fraction of sp³-hybridized carbons (Fsp3) is 0.462. The van der Waals surface area contributed by atoms with E-state index in [9.17, 15) is 4.79 Å². The number of rotatable bonds is 4. The second-order valence-corrected chi connectivity index (χ2v) is 4.66. The van der Waals surface area contributed by atoms with Crippen molar-refractivity contribution in [1.29, 1.82) is 0 Å². The molecule has 0 fully saturated rings. The summed E-state index contributed by atoms with van der Waals surface area (Å²) >= 11 is 0. The van der Waals surface area contributed by atoms with Gasteiger partial charge in [-0.05, 0) is 13.8 Å². The molecule has 0 atom stereocenters. The minimum Gasteiger partial charge on any atom is -0.486 e. The number of hydrogen-bond donors (Lipinski definition) is 3. The van der Waals surface area contributed by atoms with E-state index in [4.69, 9.17) is 15.2 Å². The molecule has 19 heavy (non-hydrogen) atoms. The summed E-state index contributed by atoms with van der Waals surface area (Å²) in [5.41, 5.74) is 7.10. The quantitative estimate of drug-likeness (QED) is 0.706. The Balaban J connectivity index is 2.02. The van der Waals surface area contributed by atoms with Crippen LogP contribution in [-0.2, 0) is 4.79 Å². The van der Waals surface area contributed by atoms with Gasteiger partial charge in [0.15, 0.2) is 11.5 Å². The maximum Gasteiger partial charge on any atom is 0.239 e. The summed E-state index contributed by atoms with van der Waals surface area (Å²) in [6.45, 7) is 5.04. The minimum atomic E-state index is -0.0794. The summed E-state index contributed by atoms with van der Waals surface area (Å²) in [6, 6.07) is 3.58. The first kappa shape index (κ1) is 13.3. The number of fused-ring (bicyclic) bond motifs is 1. The number of benzene rings is 1. The number of ether oxygens (including phenoxy) is 2. The normalized spacial score (nSPS) is 13.2. The number of anilines is 2. The van der Waals surface area contributed by atoms with Crippen LogP contribution in [0.1, 0.15) is 13.8 Å². The highest BCUT2D eigenvalue weighted by Crippen LogP contribution is 2.36. The van der Waals surface area contributed by atoms with Crippen LogP contribution < -0.4 is 25.8 Å². The van der Waals surface area contributed by atoms with Crippen LogP contribution in [0.2, 0.25) is 0 Å². The molecule has 1 amide bonds. The molecule has 0 aromatic heterocycles. The predicted molar refractivity (Wildman–Crippen MR) is 73.6 cm³/mol. The van der Waals surface area contributed by atoms with Gasteiger partial charge in [0.2, 0.25) is 5.91 Å². The van der Waals surface area contributed by atoms with Crippen LogP contribution in [0.15, 0.2) is 12.1 Å². The molecule has 1 heterocycles. The van der Waals surface area contributed by atoms with Gasteiger partial charge in [0.1, 0.15) is 13.2 Å². The molecule has 2 rings (SSSR count). The standard InChI is InChI=1S/C13H19N3O3/c1-8(2)16-13(17)7-15-10-6-12-11(5-9(10)14)18-3-4-19-12/h5-6,8,15H,3-4,7,14H2,1-2H3,(H,16,17). The summed E-state index contributed by atoms with van der Waals surface area (Å²) in [4.78, 5) is 11.6. The second kappa shape index (κ2) is 5.69. The molecule has 0 unspecified atom stereocenters. The van der Waals surface area contributed by atoms with Crippen molar-refractivity contribution in [3.8, 4) is 11.5 Å². The molecule has 0 aliphatic carbocycles. The first-order valence-corrected chi connectivity index (χ1v) is 6.28. The van der Waals surface area contributed by atoms with E-state index in [1.807, 2.05) is 13.8 Å². The number of carbonyl (C=O) groups is 1. The van der Waals surface area contributed by atoms with Crippen LogP contribution in [0.25, 0.3) is 0 Å². The molecule has 0 radical (unpaired) electrons. The summed E-state index contributed by atoms with van der Waals surface area (Å²) in [5, 5.41) is 5.79. The zero-order valence-electron chi connectivity index (χ0n) is 11.2. The highest BCUT2D eigenvalue weighted by Gasteiger charge is 2.15. The molecule has 1 aliphatic rings. The van der Waals surface area contributed by atoms with Crippen LogP contribution >= 0.6 is 0 Å². The van der Waals surface area contributed by atoms with E-state index in [1.54, 1.807) is 12.1 Å². The van der Waals surface area contributed by atoms with E-state index < -0.39 is 0 Å². The van der Waals surface area contributed by atoms with E-state index in [0.29, 0.717) is 36.1 Å². The SMILES string of the molecule is CC(C)NC(=O)CNc1cc2c(cc1N)OCCO2. The molecule has 0 saturated heterocycles. The maximum absolute atomic E-state index is 11.6. The first-order chi connectivity index (χ1) is 9.06. The van der Waals surface area contributed by atoms with Crippen molar-refractivity contribution in [3.05, 3.63) is 12.1 Å². The zero-order valence-corrected chi connectivity index (χ0v) is 11.2. The van der Waals surface area contributed by atoms with Gasteiger partial charge in [-0.25, -0.2) is 0 Å². The monoisotopic (exact) mass is 265 g/mol. The van der Waals surface area contributed by atoms with Gasteiger partial charge >= 0.3 is 0 Å². The summed E-state index contributed by atoms with van der Waals surface area (Å²) in [5.74, 6) is 1.21. The van der Waals surface area contributed by atoms with Crippen LogP contribution in [0.4, 0.5) is 11.4 Å². The lowest BCUT2D eigenvalue weighted by Gasteiger charge is -2.20. The van der Waals surface area contributed by atoms with Crippen molar-refractivity contribution in [2.45, 2.75) is 19.9 Å². The zero-order chi connectivity index (χ0) is 13.8. The lowest BCUT2D eigenvalue weighted by atomic mass is 10.2. The topological polar surface area (TPSA) is 85.6 Å². The number of hydrogen-bond acceptors (Lipinski definition) is 5.